The van der Waals surface area contributed by atoms with Crippen molar-refractivity contribution in [3.63, 3.8) is 0 Å². The standard InChI is InChI=1S/C15H24N2S/c1-2-5-15(6-3-1)7-4-8-16-9-10-17-11-13-18-14-12-17/h1-3,5-6,16H,4,7-14H2. The summed E-state index contributed by atoms with van der Waals surface area (Å²) in [6, 6.07) is 10.8. The van der Waals surface area contributed by atoms with Crippen molar-refractivity contribution in [1.29, 1.82) is 0 Å². The Hall–Kier alpha value is -0.510. The predicted octanol–water partition coefficient (Wildman–Crippen LogP) is 2.26. The minimum atomic E-state index is 1.14. The van der Waals surface area contributed by atoms with Gasteiger partial charge in [0.2, 0.25) is 0 Å². The van der Waals surface area contributed by atoms with E-state index in [1.54, 1.807) is 0 Å². The van der Waals surface area contributed by atoms with Crippen molar-refractivity contribution in [1.82, 2.24) is 10.2 Å². The van der Waals surface area contributed by atoms with Crippen molar-refractivity contribution in [3.05, 3.63) is 35.9 Å². The molecule has 1 aliphatic heterocycles. The maximum atomic E-state index is 3.55. The van der Waals surface area contributed by atoms with Gasteiger partial charge >= 0.3 is 0 Å². The average molecular weight is 264 g/mol. The molecule has 0 atom stereocenters. The smallest absolute Gasteiger partial charge is 0.0107 e. The Morgan fingerprint density at radius 2 is 1.83 bits per heavy atom. The van der Waals surface area contributed by atoms with E-state index in [0.717, 1.165) is 13.1 Å². The van der Waals surface area contributed by atoms with E-state index in [-0.39, 0.29) is 0 Å². The van der Waals surface area contributed by atoms with Crippen LogP contribution in [0.15, 0.2) is 30.3 Å². The molecule has 1 aromatic rings. The second-order valence-corrected chi connectivity index (χ2v) is 6.02. The molecule has 1 saturated heterocycles. The number of rotatable bonds is 7. The highest BCUT2D eigenvalue weighted by molar-refractivity contribution is 7.99. The molecule has 0 unspecified atom stereocenters. The van der Waals surface area contributed by atoms with E-state index in [0.29, 0.717) is 0 Å². The molecule has 2 rings (SSSR count). The summed E-state index contributed by atoms with van der Waals surface area (Å²) in [6.07, 6.45) is 2.42. The Morgan fingerprint density at radius 1 is 1.06 bits per heavy atom. The molecule has 0 aromatic heterocycles. The van der Waals surface area contributed by atoms with Gasteiger partial charge in [-0.25, -0.2) is 0 Å². The summed E-state index contributed by atoms with van der Waals surface area (Å²) in [5, 5.41) is 3.55. The van der Waals surface area contributed by atoms with Crippen LogP contribution in [0.25, 0.3) is 0 Å². The summed E-state index contributed by atoms with van der Waals surface area (Å²) in [5.41, 5.74) is 1.45. The Balaban J connectivity index is 1.46. The Labute approximate surface area is 115 Å². The number of hydrogen-bond donors (Lipinski definition) is 1. The van der Waals surface area contributed by atoms with Crippen molar-refractivity contribution < 1.29 is 0 Å². The molecular formula is C15H24N2S. The Bertz CT molecular complexity index is 310. The van der Waals surface area contributed by atoms with E-state index in [4.69, 9.17) is 0 Å². The zero-order chi connectivity index (χ0) is 12.5. The van der Waals surface area contributed by atoms with Gasteiger partial charge in [-0.1, -0.05) is 30.3 Å². The van der Waals surface area contributed by atoms with Gasteiger partial charge in [0.1, 0.15) is 0 Å². The Morgan fingerprint density at radius 3 is 2.61 bits per heavy atom. The van der Waals surface area contributed by atoms with Crippen LogP contribution < -0.4 is 5.32 Å². The van der Waals surface area contributed by atoms with Gasteiger partial charge in [0, 0.05) is 37.7 Å². The summed E-state index contributed by atoms with van der Waals surface area (Å²) >= 11 is 2.08. The van der Waals surface area contributed by atoms with Gasteiger partial charge in [-0.15, -0.1) is 0 Å². The third-order valence-electron chi connectivity index (χ3n) is 3.37. The molecule has 1 heterocycles. The lowest BCUT2D eigenvalue weighted by Gasteiger charge is -2.26. The minimum Gasteiger partial charge on any atom is -0.315 e. The summed E-state index contributed by atoms with van der Waals surface area (Å²) in [5.74, 6) is 2.63. The molecule has 2 nitrogen and oxygen atoms in total. The Kier molecular flexibility index (Phi) is 6.62. The highest BCUT2D eigenvalue weighted by Gasteiger charge is 2.08. The van der Waals surface area contributed by atoms with E-state index in [1.165, 1.54) is 49.5 Å². The molecule has 0 radical (unpaired) electrons. The van der Waals surface area contributed by atoms with Crippen LogP contribution in [0, 0.1) is 0 Å². The molecule has 0 spiro atoms. The minimum absolute atomic E-state index is 1.14. The first-order chi connectivity index (χ1) is 8.95. The van der Waals surface area contributed by atoms with Crippen molar-refractivity contribution >= 4 is 11.8 Å². The fourth-order valence-corrected chi connectivity index (χ4v) is 3.23. The van der Waals surface area contributed by atoms with Gasteiger partial charge in [0.05, 0.1) is 0 Å². The van der Waals surface area contributed by atoms with Crippen molar-refractivity contribution in [3.8, 4) is 0 Å². The molecule has 1 aromatic carbocycles. The van der Waals surface area contributed by atoms with Gasteiger partial charge in [-0.2, -0.15) is 11.8 Å². The van der Waals surface area contributed by atoms with Crippen LogP contribution in [-0.4, -0.2) is 49.1 Å². The zero-order valence-electron chi connectivity index (χ0n) is 11.1. The highest BCUT2D eigenvalue weighted by Crippen LogP contribution is 2.07. The van der Waals surface area contributed by atoms with Crippen molar-refractivity contribution in [2.24, 2.45) is 0 Å². The van der Waals surface area contributed by atoms with Gasteiger partial charge in [0.25, 0.3) is 0 Å². The SMILES string of the molecule is c1ccc(CCCNCCN2CCSCC2)cc1. The molecule has 1 aliphatic rings. The zero-order valence-corrected chi connectivity index (χ0v) is 11.9. The van der Waals surface area contributed by atoms with Crippen LogP contribution in [0.5, 0.6) is 0 Å². The lowest BCUT2D eigenvalue weighted by Crippen LogP contribution is -2.38. The van der Waals surface area contributed by atoms with E-state index in [9.17, 15) is 0 Å². The van der Waals surface area contributed by atoms with Crippen LogP contribution >= 0.6 is 11.8 Å². The summed E-state index contributed by atoms with van der Waals surface area (Å²) in [7, 11) is 0. The largest absolute Gasteiger partial charge is 0.315 e. The molecule has 100 valence electrons. The van der Waals surface area contributed by atoms with E-state index >= 15 is 0 Å². The molecule has 18 heavy (non-hydrogen) atoms. The molecule has 3 heteroatoms. The fraction of sp³-hybridized carbons (Fsp3) is 0.600. The summed E-state index contributed by atoms with van der Waals surface area (Å²) in [6.45, 7) is 6.04. The van der Waals surface area contributed by atoms with Crippen LogP contribution in [-0.2, 0) is 6.42 Å². The van der Waals surface area contributed by atoms with Crippen molar-refractivity contribution in [2.75, 3.05) is 44.2 Å². The molecule has 0 bridgehead atoms. The number of nitrogens with zero attached hydrogens (tertiary/aromatic N) is 1. The van der Waals surface area contributed by atoms with E-state index in [2.05, 4.69) is 52.3 Å². The monoisotopic (exact) mass is 264 g/mol. The maximum absolute atomic E-state index is 3.55. The third-order valence-corrected chi connectivity index (χ3v) is 4.31. The lowest BCUT2D eigenvalue weighted by molar-refractivity contribution is 0.301. The molecule has 0 aliphatic carbocycles. The second-order valence-electron chi connectivity index (χ2n) is 4.79. The fourth-order valence-electron chi connectivity index (χ4n) is 2.25. The molecule has 1 N–H and O–H groups in total. The van der Waals surface area contributed by atoms with Gasteiger partial charge < -0.3 is 10.2 Å². The second kappa shape index (κ2) is 8.57. The molecule has 0 saturated carbocycles. The molecule has 1 fully saturated rings. The predicted molar refractivity (Wildman–Crippen MR) is 81.4 cm³/mol. The quantitative estimate of drug-likeness (QED) is 0.761. The number of nitrogens with one attached hydrogen (secondary N) is 1. The summed E-state index contributed by atoms with van der Waals surface area (Å²) < 4.78 is 0. The van der Waals surface area contributed by atoms with Gasteiger partial charge in [0.15, 0.2) is 0 Å². The van der Waals surface area contributed by atoms with Crippen LogP contribution in [0.3, 0.4) is 0 Å². The molecular weight excluding hydrogens is 240 g/mol. The number of benzene rings is 1. The average Bonchev–Trinajstić information content (AvgIpc) is 2.45. The van der Waals surface area contributed by atoms with Crippen molar-refractivity contribution in [2.45, 2.75) is 12.8 Å². The first-order valence-electron chi connectivity index (χ1n) is 7.00. The normalized spacial score (nSPS) is 16.9. The summed E-state index contributed by atoms with van der Waals surface area (Å²) in [4.78, 5) is 2.57. The van der Waals surface area contributed by atoms with Crippen LogP contribution in [0.4, 0.5) is 0 Å². The lowest BCUT2D eigenvalue weighted by atomic mass is 10.1. The van der Waals surface area contributed by atoms with Gasteiger partial charge in [-0.05, 0) is 24.9 Å². The number of thioether (sulfide) groups is 1. The first-order valence-corrected chi connectivity index (χ1v) is 8.15. The number of hydrogen-bond acceptors (Lipinski definition) is 3. The first kappa shape index (κ1) is 13.9. The topological polar surface area (TPSA) is 15.3 Å². The third kappa shape index (κ3) is 5.42. The highest BCUT2D eigenvalue weighted by atomic mass is 32.2. The maximum Gasteiger partial charge on any atom is 0.0107 e. The van der Waals surface area contributed by atoms with E-state index in [1.807, 2.05) is 0 Å². The van der Waals surface area contributed by atoms with E-state index < -0.39 is 0 Å². The van der Waals surface area contributed by atoms with Crippen LogP contribution in [0.2, 0.25) is 0 Å². The van der Waals surface area contributed by atoms with Crippen LogP contribution in [0.1, 0.15) is 12.0 Å². The number of aryl methyl sites for hydroxylation is 1. The van der Waals surface area contributed by atoms with Gasteiger partial charge in [-0.3, -0.25) is 0 Å². The molecule has 0 amide bonds.